The quantitative estimate of drug-likeness (QED) is 0.619. The van der Waals surface area contributed by atoms with Gasteiger partial charge in [0.25, 0.3) is 0 Å². The molecule has 22 heavy (non-hydrogen) atoms. The molecule has 0 radical (unpaired) electrons. The van der Waals surface area contributed by atoms with Crippen LogP contribution in [0.2, 0.25) is 0 Å². The summed E-state index contributed by atoms with van der Waals surface area (Å²) in [5, 5.41) is 0. The van der Waals surface area contributed by atoms with Gasteiger partial charge in [0.05, 0.1) is 0 Å². The highest BCUT2D eigenvalue weighted by Crippen LogP contribution is 2.41. The molecule has 2 aliphatic carbocycles. The molecule has 114 valence electrons. The van der Waals surface area contributed by atoms with Gasteiger partial charge in [-0.2, -0.15) is 0 Å². The van der Waals surface area contributed by atoms with E-state index in [9.17, 15) is 0 Å². The summed E-state index contributed by atoms with van der Waals surface area (Å²) >= 11 is 0. The lowest BCUT2D eigenvalue weighted by molar-refractivity contribution is 0.730. The molecule has 0 nitrogen and oxygen atoms in total. The Morgan fingerprint density at radius 1 is 1.00 bits per heavy atom. The second-order valence-electron chi connectivity index (χ2n) is 6.91. The molecule has 0 saturated carbocycles. The van der Waals surface area contributed by atoms with Gasteiger partial charge in [0.15, 0.2) is 0 Å². The predicted octanol–water partition coefficient (Wildman–Crippen LogP) is 6.19. The van der Waals surface area contributed by atoms with Crippen molar-refractivity contribution in [3.63, 3.8) is 0 Å². The van der Waals surface area contributed by atoms with Gasteiger partial charge >= 0.3 is 0 Å². The average molecular weight is 290 g/mol. The summed E-state index contributed by atoms with van der Waals surface area (Å²) in [6.07, 6.45) is 10.5. The van der Waals surface area contributed by atoms with Gasteiger partial charge in [0, 0.05) is 5.92 Å². The minimum atomic E-state index is 0.524. The molecule has 1 aromatic rings. The third-order valence-electron chi connectivity index (χ3n) is 5.11. The van der Waals surface area contributed by atoms with Crippen LogP contribution in [0.3, 0.4) is 0 Å². The van der Waals surface area contributed by atoms with Gasteiger partial charge in [0.2, 0.25) is 0 Å². The maximum Gasteiger partial charge on any atom is 0.00320 e. The van der Waals surface area contributed by atoms with Gasteiger partial charge in [-0.15, -0.1) is 0 Å². The van der Waals surface area contributed by atoms with E-state index >= 15 is 0 Å². The van der Waals surface area contributed by atoms with E-state index in [4.69, 9.17) is 0 Å². The van der Waals surface area contributed by atoms with E-state index in [1.807, 2.05) is 0 Å². The van der Waals surface area contributed by atoms with Gasteiger partial charge in [-0.05, 0) is 35.0 Å². The summed E-state index contributed by atoms with van der Waals surface area (Å²) in [5.74, 6) is 1.73. The minimum absolute atomic E-state index is 0.524. The van der Waals surface area contributed by atoms with E-state index in [0.29, 0.717) is 17.8 Å². The van der Waals surface area contributed by atoms with Gasteiger partial charge in [0.1, 0.15) is 0 Å². The number of allylic oxidation sites excluding steroid dienone is 8. The van der Waals surface area contributed by atoms with E-state index in [1.54, 1.807) is 16.7 Å². The lowest BCUT2D eigenvalue weighted by Gasteiger charge is -2.19. The van der Waals surface area contributed by atoms with E-state index in [1.165, 1.54) is 11.1 Å². The summed E-state index contributed by atoms with van der Waals surface area (Å²) in [4.78, 5) is 0. The molecule has 2 unspecified atom stereocenters. The number of rotatable bonds is 4. The maximum atomic E-state index is 2.36. The van der Waals surface area contributed by atoms with Crippen molar-refractivity contribution in [1.82, 2.24) is 0 Å². The van der Waals surface area contributed by atoms with Crippen molar-refractivity contribution in [3.05, 3.63) is 76.9 Å². The maximum absolute atomic E-state index is 2.36. The predicted molar refractivity (Wildman–Crippen MR) is 96.5 cm³/mol. The lowest BCUT2D eigenvalue weighted by Crippen LogP contribution is -2.05. The zero-order valence-corrected chi connectivity index (χ0v) is 14.1. The molecule has 0 spiro atoms. The van der Waals surface area contributed by atoms with Crippen molar-refractivity contribution in [1.29, 1.82) is 0 Å². The molecule has 3 rings (SSSR count). The lowest BCUT2D eigenvalue weighted by atomic mass is 9.85. The minimum Gasteiger partial charge on any atom is -0.0773 e. The van der Waals surface area contributed by atoms with E-state index in [0.717, 1.165) is 6.42 Å². The third-order valence-corrected chi connectivity index (χ3v) is 5.11. The van der Waals surface area contributed by atoms with Crippen LogP contribution in [0.15, 0.2) is 71.4 Å². The molecule has 0 amide bonds. The van der Waals surface area contributed by atoms with Crippen molar-refractivity contribution in [2.24, 2.45) is 17.8 Å². The van der Waals surface area contributed by atoms with Crippen LogP contribution >= 0.6 is 0 Å². The van der Waals surface area contributed by atoms with Crippen LogP contribution in [0.25, 0.3) is 5.57 Å². The molecule has 0 fully saturated rings. The Balaban J connectivity index is 1.78. The van der Waals surface area contributed by atoms with Crippen LogP contribution in [-0.4, -0.2) is 0 Å². The fourth-order valence-electron chi connectivity index (χ4n) is 3.65. The third kappa shape index (κ3) is 2.75. The molecule has 0 N–H and O–H groups in total. The number of benzene rings is 1. The smallest absolute Gasteiger partial charge is 0.00320 e. The van der Waals surface area contributed by atoms with Crippen LogP contribution in [0, 0.1) is 17.8 Å². The highest BCUT2D eigenvalue weighted by Gasteiger charge is 2.25. The van der Waals surface area contributed by atoms with Crippen molar-refractivity contribution in [2.75, 3.05) is 0 Å². The van der Waals surface area contributed by atoms with Crippen LogP contribution in [-0.2, 0) is 0 Å². The molecular weight excluding hydrogens is 264 g/mol. The standard InChI is InChI=1S/C22H26/c1-15(2)20-12-10-16(3)22(20)14-19-11-13-21(17(19)4)18-8-6-5-7-9-18/h5-13,15-17H,14H2,1-4H3. The van der Waals surface area contributed by atoms with Crippen LogP contribution in [0.5, 0.6) is 0 Å². The molecule has 0 heteroatoms. The Hall–Kier alpha value is -1.82. The second-order valence-corrected chi connectivity index (χ2v) is 6.91. The first-order valence-electron chi connectivity index (χ1n) is 8.45. The SMILES string of the molecule is CC(C)C1=C(CC2=CC=C(c3ccccc3)C2C)C(C)C=C1. The van der Waals surface area contributed by atoms with E-state index in [-0.39, 0.29) is 0 Å². The molecule has 0 aliphatic heterocycles. The molecule has 2 aliphatic rings. The van der Waals surface area contributed by atoms with Crippen molar-refractivity contribution in [2.45, 2.75) is 34.1 Å². The summed E-state index contributed by atoms with van der Waals surface area (Å²) in [6, 6.07) is 10.8. The summed E-state index contributed by atoms with van der Waals surface area (Å²) in [6.45, 7) is 9.28. The fraction of sp³-hybridized carbons (Fsp3) is 0.364. The number of hydrogen-bond acceptors (Lipinski definition) is 0. The van der Waals surface area contributed by atoms with Crippen LogP contribution in [0.1, 0.15) is 39.7 Å². The molecule has 0 bridgehead atoms. The summed E-state index contributed by atoms with van der Waals surface area (Å²) in [5.41, 5.74) is 7.55. The summed E-state index contributed by atoms with van der Waals surface area (Å²) < 4.78 is 0. The van der Waals surface area contributed by atoms with Gasteiger partial charge in [-0.1, -0.05) is 93.5 Å². The van der Waals surface area contributed by atoms with Gasteiger partial charge in [-0.3, -0.25) is 0 Å². The molecule has 0 aromatic heterocycles. The Morgan fingerprint density at radius 2 is 1.73 bits per heavy atom. The highest BCUT2D eigenvalue weighted by atomic mass is 14.3. The largest absolute Gasteiger partial charge is 0.0773 e. The fourth-order valence-corrected chi connectivity index (χ4v) is 3.65. The Kier molecular flexibility index (Phi) is 4.20. The Labute approximate surface area is 135 Å². The van der Waals surface area contributed by atoms with E-state index < -0.39 is 0 Å². The first-order valence-corrected chi connectivity index (χ1v) is 8.45. The van der Waals surface area contributed by atoms with Gasteiger partial charge in [-0.25, -0.2) is 0 Å². The van der Waals surface area contributed by atoms with E-state index in [2.05, 4.69) is 82.3 Å². The van der Waals surface area contributed by atoms with Crippen molar-refractivity contribution >= 4 is 5.57 Å². The molecule has 0 heterocycles. The Morgan fingerprint density at radius 3 is 2.41 bits per heavy atom. The van der Waals surface area contributed by atoms with Crippen LogP contribution in [0.4, 0.5) is 0 Å². The Bertz CT molecular complexity index is 665. The average Bonchev–Trinajstić information content (AvgIpc) is 3.05. The molecule has 1 aromatic carbocycles. The monoisotopic (exact) mass is 290 g/mol. The van der Waals surface area contributed by atoms with Crippen LogP contribution < -0.4 is 0 Å². The van der Waals surface area contributed by atoms with Gasteiger partial charge < -0.3 is 0 Å². The topological polar surface area (TPSA) is 0 Å². The first-order chi connectivity index (χ1) is 10.6. The van der Waals surface area contributed by atoms with Crippen molar-refractivity contribution < 1.29 is 0 Å². The molecule has 2 atom stereocenters. The molecule has 0 saturated heterocycles. The highest BCUT2D eigenvalue weighted by molar-refractivity contribution is 5.74. The first kappa shape index (κ1) is 15.1. The van der Waals surface area contributed by atoms with Crippen molar-refractivity contribution in [3.8, 4) is 0 Å². The normalized spacial score (nSPS) is 24.2. The second kappa shape index (κ2) is 6.12. The zero-order valence-electron chi connectivity index (χ0n) is 14.1. The zero-order chi connectivity index (χ0) is 15.7. The molecular formula is C22H26. The summed E-state index contributed by atoms with van der Waals surface area (Å²) in [7, 11) is 0. The number of hydrogen-bond donors (Lipinski definition) is 0.